The molecule has 14 heavy (non-hydrogen) atoms. The smallest absolute Gasteiger partial charge is 0.151 e. The summed E-state index contributed by atoms with van der Waals surface area (Å²) in [4.78, 5) is 4.36. The number of fused-ring (bicyclic) bond motifs is 1. The van der Waals surface area contributed by atoms with E-state index >= 15 is 0 Å². The number of benzene rings is 1. The van der Waals surface area contributed by atoms with E-state index in [1.54, 1.807) is 6.92 Å². The zero-order valence-corrected chi connectivity index (χ0v) is 9.59. The highest BCUT2D eigenvalue weighted by molar-refractivity contribution is 9.10. The van der Waals surface area contributed by atoms with Gasteiger partial charge in [-0.15, -0.1) is 0 Å². The van der Waals surface area contributed by atoms with Crippen molar-refractivity contribution in [3.8, 4) is 5.75 Å². The number of para-hydroxylation sites is 1. The number of aromatic nitrogens is 1. The summed E-state index contributed by atoms with van der Waals surface area (Å²) in [5, 5.41) is 10.6. The quantitative estimate of drug-likeness (QED) is 0.780. The van der Waals surface area contributed by atoms with Gasteiger partial charge in [0, 0.05) is 5.39 Å². The maximum atomic E-state index is 9.69. The second-order valence-electron chi connectivity index (χ2n) is 3.33. The van der Waals surface area contributed by atoms with Crippen LogP contribution in [0.4, 0.5) is 0 Å². The number of pyridine rings is 1. The van der Waals surface area contributed by atoms with Gasteiger partial charge in [-0.2, -0.15) is 0 Å². The molecule has 0 saturated carbocycles. The molecule has 0 unspecified atom stereocenters. The Morgan fingerprint density at radius 2 is 2.00 bits per heavy atom. The first-order chi connectivity index (χ1) is 6.61. The van der Waals surface area contributed by atoms with Crippen molar-refractivity contribution in [2.75, 3.05) is 0 Å². The third-order valence-corrected chi connectivity index (χ3v) is 3.11. The van der Waals surface area contributed by atoms with Crippen molar-refractivity contribution in [1.82, 2.24) is 4.98 Å². The fourth-order valence-corrected chi connectivity index (χ4v) is 2.10. The molecule has 0 bridgehead atoms. The van der Waals surface area contributed by atoms with Crippen LogP contribution in [0.3, 0.4) is 0 Å². The zero-order valence-electron chi connectivity index (χ0n) is 8.00. The predicted octanol–water partition coefficient (Wildman–Crippen LogP) is 3.32. The average Bonchev–Trinajstić information content (AvgIpc) is 2.17. The van der Waals surface area contributed by atoms with Crippen LogP contribution >= 0.6 is 15.9 Å². The van der Waals surface area contributed by atoms with E-state index in [0.29, 0.717) is 5.69 Å². The molecule has 0 aliphatic heterocycles. The predicted molar refractivity (Wildman–Crippen MR) is 60.6 cm³/mol. The zero-order chi connectivity index (χ0) is 10.3. The van der Waals surface area contributed by atoms with E-state index in [0.717, 1.165) is 20.9 Å². The fraction of sp³-hybridized carbons (Fsp3) is 0.182. The molecule has 2 aromatic rings. The van der Waals surface area contributed by atoms with Crippen LogP contribution in [0.5, 0.6) is 5.75 Å². The van der Waals surface area contributed by atoms with Crippen molar-refractivity contribution in [3.05, 3.63) is 33.9 Å². The Bertz CT molecular complexity index is 508. The molecular weight excluding hydrogens is 242 g/mol. The van der Waals surface area contributed by atoms with Crippen LogP contribution < -0.4 is 0 Å². The van der Waals surface area contributed by atoms with Crippen molar-refractivity contribution in [1.29, 1.82) is 0 Å². The van der Waals surface area contributed by atoms with E-state index in [2.05, 4.69) is 20.9 Å². The van der Waals surface area contributed by atoms with Crippen LogP contribution in [0.15, 0.2) is 22.7 Å². The molecule has 3 heteroatoms. The van der Waals surface area contributed by atoms with E-state index in [1.165, 1.54) is 0 Å². The van der Waals surface area contributed by atoms with E-state index in [1.807, 2.05) is 25.1 Å². The third-order valence-electron chi connectivity index (χ3n) is 2.30. The van der Waals surface area contributed by atoms with Crippen LogP contribution in [0.25, 0.3) is 10.9 Å². The molecule has 1 heterocycles. The lowest BCUT2D eigenvalue weighted by Crippen LogP contribution is -1.89. The largest absolute Gasteiger partial charge is 0.505 e. The molecular formula is C11H10BrNO. The maximum absolute atomic E-state index is 9.69. The molecule has 0 amide bonds. The minimum atomic E-state index is 0.225. The molecule has 0 aliphatic rings. The first-order valence-corrected chi connectivity index (χ1v) is 5.15. The SMILES string of the molecule is Cc1nc2c(C)cccc2c(Br)c1O. The Labute approximate surface area is 90.7 Å². The van der Waals surface area contributed by atoms with E-state index in [9.17, 15) is 5.11 Å². The molecule has 0 radical (unpaired) electrons. The molecule has 2 nitrogen and oxygen atoms in total. The standard InChI is InChI=1S/C11H10BrNO/c1-6-4-3-5-8-9(12)11(14)7(2)13-10(6)8/h3-5,14H,1-2H3. The van der Waals surface area contributed by atoms with Crippen LogP contribution in [0, 0.1) is 13.8 Å². The summed E-state index contributed by atoms with van der Waals surface area (Å²) in [7, 11) is 0. The monoisotopic (exact) mass is 251 g/mol. The molecule has 0 atom stereocenters. The van der Waals surface area contributed by atoms with E-state index < -0.39 is 0 Å². The number of aryl methyl sites for hydroxylation is 2. The van der Waals surface area contributed by atoms with Gasteiger partial charge in [-0.25, -0.2) is 4.98 Å². The maximum Gasteiger partial charge on any atom is 0.151 e. The lowest BCUT2D eigenvalue weighted by molar-refractivity contribution is 0.465. The number of hydrogen-bond donors (Lipinski definition) is 1. The van der Waals surface area contributed by atoms with Gasteiger partial charge in [0.05, 0.1) is 15.7 Å². The topological polar surface area (TPSA) is 33.1 Å². The van der Waals surface area contributed by atoms with Crippen LogP contribution in [-0.4, -0.2) is 10.1 Å². The Morgan fingerprint density at radius 3 is 2.71 bits per heavy atom. The van der Waals surface area contributed by atoms with Gasteiger partial charge in [-0.3, -0.25) is 0 Å². The summed E-state index contributed by atoms with van der Waals surface area (Å²) in [6, 6.07) is 5.91. The van der Waals surface area contributed by atoms with Crippen LogP contribution in [-0.2, 0) is 0 Å². The van der Waals surface area contributed by atoms with Crippen molar-refractivity contribution in [3.63, 3.8) is 0 Å². The van der Waals surface area contributed by atoms with Crippen molar-refractivity contribution in [2.45, 2.75) is 13.8 Å². The second-order valence-corrected chi connectivity index (χ2v) is 4.12. The molecule has 72 valence electrons. The fourth-order valence-electron chi connectivity index (χ4n) is 1.49. The molecule has 0 aliphatic carbocycles. The number of nitrogens with zero attached hydrogens (tertiary/aromatic N) is 1. The number of rotatable bonds is 0. The second kappa shape index (κ2) is 3.24. The van der Waals surface area contributed by atoms with E-state index in [-0.39, 0.29) is 5.75 Å². The summed E-state index contributed by atoms with van der Waals surface area (Å²) >= 11 is 3.38. The van der Waals surface area contributed by atoms with Gasteiger partial charge in [-0.1, -0.05) is 18.2 Å². The summed E-state index contributed by atoms with van der Waals surface area (Å²) < 4.78 is 0.726. The third kappa shape index (κ3) is 1.28. The number of halogens is 1. The Kier molecular flexibility index (Phi) is 2.19. The lowest BCUT2D eigenvalue weighted by atomic mass is 10.1. The number of hydrogen-bond acceptors (Lipinski definition) is 2. The van der Waals surface area contributed by atoms with Gasteiger partial charge in [0.15, 0.2) is 5.75 Å². The first kappa shape index (κ1) is 9.46. The first-order valence-electron chi connectivity index (χ1n) is 4.35. The van der Waals surface area contributed by atoms with Crippen LogP contribution in [0.2, 0.25) is 0 Å². The van der Waals surface area contributed by atoms with Gasteiger partial charge >= 0.3 is 0 Å². The van der Waals surface area contributed by atoms with Gasteiger partial charge in [-0.05, 0) is 35.3 Å². The summed E-state index contributed by atoms with van der Waals surface area (Å²) in [6.45, 7) is 3.81. The highest BCUT2D eigenvalue weighted by Gasteiger charge is 2.09. The highest BCUT2D eigenvalue weighted by Crippen LogP contribution is 2.34. The highest BCUT2D eigenvalue weighted by atomic mass is 79.9. The summed E-state index contributed by atoms with van der Waals surface area (Å²) in [5.41, 5.74) is 2.71. The van der Waals surface area contributed by atoms with Crippen molar-refractivity contribution in [2.24, 2.45) is 0 Å². The van der Waals surface area contributed by atoms with E-state index in [4.69, 9.17) is 0 Å². The van der Waals surface area contributed by atoms with Crippen molar-refractivity contribution < 1.29 is 5.11 Å². The van der Waals surface area contributed by atoms with Gasteiger partial charge in [0.25, 0.3) is 0 Å². The number of aromatic hydroxyl groups is 1. The Morgan fingerprint density at radius 1 is 1.29 bits per heavy atom. The average molecular weight is 252 g/mol. The molecule has 1 N–H and O–H groups in total. The minimum absolute atomic E-state index is 0.225. The normalized spacial score (nSPS) is 10.8. The Balaban J connectivity index is 2.98. The minimum Gasteiger partial charge on any atom is -0.505 e. The Hall–Kier alpha value is -1.09. The van der Waals surface area contributed by atoms with Gasteiger partial charge < -0.3 is 5.11 Å². The summed E-state index contributed by atoms with van der Waals surface area (Å²) in [5.74, 6) is 0.225. The van der Waals surface area contributed by atoms with Crippen molar-refractivity contribution >= 4 is 26.8 Å². The molecule has 0 fully saturated rings. The van der Waals surface area contributed by atoms with Crippen LogP contribution in [0.1, 0.15) is 11.3 Å². The molecule has 2 rings (SSSR count). The molecule has 1 aromatic carbocycles. The lowest BCUT2D eigenvalue weighted by Gasteiger charge is -2.07. The molecule has 0 saturated heterocycles. The molecule has 0 spiro atoms. The van der Waals surface area contributed by atoms with Gasteiger partial charge in [0.2, 0.25) is 0 Å². The van der Waals surface area contributed by atoms with Gasteiger partial charge in [0.1, 0.15) is 0 Å². The summed E-state index contributed by atoms with van der Waals surface area (Å²) in [6.07, 6.45) is 0. The molecule has 1 aromatic heterocycles.